The lowest BCUT2D eigenvalue weighted by Gasteiger charge is -2.06. The van der Waals surface area contributed by atoms with Crippen LogP contribution in [0.15, 0.2) is 79.0 Å². The molecule has 0 saturated carbocycles. The van der Waals surface area contributed by atoms with Gasteiger partial charge in [-0.2, -0.15) is 0 Å². The molecule has 0 unspecified atom stereocenters. The summed E-state index contributed by atoms with van der Waals surface area (Å²) in [5.74, 6) is -0.224. The molecule has 4 aromatic rings. The van der Waals surface area contributed by atoms with Gasteiger partial charge in [0.15, 0.2) is 0 Å². The van der Waals surface area contributed by atoms with Crippen molar-refractivity contribution in [2.45, 2.75) is 25.7 Å². The number of rotatable bonds is 8. The molecule has 0 radical (unpaired) electrons. The number of aromatic nitrogens is 1. The molecule has 4 rings (SSSR count). The molecule has 0 bridgehead atoms. The molecule has 3 aromatic carbocycles. The molecule has 162 valence electrons. The standard InChI is InChI=1S/C26H24N2O4/c1-32-26(29)16-9-20-8-15-25-24(17-20)21(10-7-19-5-3-2-4-6-19)18-27(25)22-11-13-23(14-12-22)28(30)31/h2-6,8,11-15,17-18H,7,9-10,16H2,1H3. The van der Waals surface area contributed by atoms with Crippen molar-refractivity contribution in [3.05, 3.63) is 106 Å². The molecule has 6 heteroatoms. The largest absolute Gasteiger partial charge is 0.469 e. The fraction of sp³-hybridized carbons (Fsp3) is 0.192. The van der Waals surface area contributed by atoms with Crippen LogP contribution in [-0.2, 0) is 28.8 Å². The number of ether oxygens (including phenoxy) is 1. The summed E-state index contributed by atoms with van der Waals surface area (Å²) in [6.45, 7) is 0. The maximum atomic E-state index is 11.6. The summed E-state index contributed by atoms with van der Waals surface area (Å²) in [5, 5.41) is 12.1. The average molecular weight is 428 g/mol. The summed E-state index contributed by atoms with van der Waals surface area (Å²) in [7, 11) is 1.40. The second kappa shape index (κ2) is 9.47. The van der Waals surface area contributed by atoms with Crippen molar-refractivity contribution < 1.29 is 14.5 Å². The smallest absolute Gasteiger partial charge is 0.305 e. The van der Waals surface area contributed by atoms with Crippen LogP contribution in [0.5, 0.6) is 0 Å². The van der Waals surface area contributed by atoms with Crippen molar-refractivity contribution in [3.63, 3.8) is 0 Å². The third-order valence-electron chi connectivity index (χ3n) is 5.66. The van der Waals surface area contributed by atoms with Crippen molar-refractivity contribution in [2.75, 3.05) is 7.11 Å². The normalized spacial score (nSPS) is 10.9. The van der Waals surface area contributed by atoms with E-state index >= 15 is 0 Å². The number of nitro groups is 1. The van der Waals surface area contributed by atoms with E-state index in [9.17, 15) is 14.9 Å². The lowest BCUT2D eigenvalue weighted by atomic mass is 10.0. The Morgan fingerprint density at radius 3 is 2.38 bits per heavy atom. The highest BCUT2D eigenvalue weighted by molar-refractivity contribution is 5.86. The van der Waals surface area contributed by atoms with Crippen molar-refractivity contribution in [3.8, 4) is 5.69 Å². The molecule has 0 fully saturated rings. The SMILES string of the molecule is COC(=O)CCc1ccc2c(c1)c(CCc1ccccc1)cn2-c1ccc([N+](=O)[O-])cc1. The van der Waals surface area contributed by atoms with Gasteiger partial charge in [0.05, 0.1) is 17.5 Å². The van der Waals surface area contributed by atoms with Gasteiger partial charge in [0, 0.05) is 35.8 Å². The molecule has 0 aliphatic carbocycles. The highest BCUT2D eigenvalue weighted by Gasteiger charge is 2.13. The minimum atomic E-state index is -0.392. The molecule has 1 heterocycles. The van der Waals surface area contributed by atoms with E-state index in [1.54, 1.807) is 12.1 Å². The van der Waals surface area contributed by atoms with Crippen molar-refractivity contribution >= 4 is 22.6 Å². The Kier molecular flexibility index (Phi) is 6.31. The predicted octanol–water partition coefficient (Wildman–Crippen LogP) is 5.43. The van der Waals surface area contributed by atoms with E-state index in [1.165, 1.54) is 30.4 Å². The van der Waals surface area contributed by atoms with Gasteiger partial charge >= 0.3 is 5.97 Å². The molecule has 0 spiro atoms. The monoisotopic (exact) mass is 428 g/mol. The first kappa shape index (κ1) is 21.3. The Balaban J connectivity index is 1.71. The number of nitro benzene ring substituents is 1. The third-order valence-corrected chi connectivity index (χ3v) is 5.66. The van der Waals surface area contributed by atoms with Crippen molar-refractivity contribution in [2.24, 2.45) is 0 Å². The van der Waals surface area contributed by atoms with Gasteiger partial charge in [0.25, 0.3) is 5.69 Å². The first-order valence-electron chi connectivity index (χ1n) is 10.5. The number of carbonyl (C=O) groups excluding carboxylic acids is 1. The zero-order chi connectivity index (χ0) is 22.5. The Bertz CT molecular complexity index is 1240. The fourth-order valence-corrected chi connectivity index (χ4v) is 3.92. The van der Waals surface area contributed by atoms with Crippen LogP contribution < -0.4 is 0 Å². The van der Waals surface area contributed by atoms with Crippen LogP contribution in [0.3, 0.4) is 0 Å². The van der Waals surface area contributed by atoms with Crippen LogP contribution in [0.2, 0.25) is 0 Å². The van der Waals surface area contributed by atoms with Crippen LogP contribution in [-0.4, -0.2) is 22.6 Å². The molecule has 0 aliphatic heterocycles. The predicted molar refractivity (Wildman–Crippen MR) is 124 cm³/mol. The Morgan fingerprint density at radius 1 is 0.938 bits per heavy atom. The highest BCUT2D eigenvalue weighted by atomic mass is 16.6. The number of esters is 1. The molecule has 0 saturated heterocycles. The number of hydrogen-bond donors (Lipinski definition) is 0. The summed E-state index contributed by atoms with van der Waals surface area (Å²) in [4.78, 5) is 22.2. The van der Waals surface area contributed by atoms with Crippen LogP contribution >= 0.6 is 0 Å². The summed E-state index contributed by atoms with van der Waals surface area (Å²) >= 11 is 0. The number of carbonyl (C=O) groups is 1. The van der Waals surface area contributed by atoms with Gasteiger partial charge < -0.3 is 9.30 Å². The fourth-order valence-electron chi connectivity index (χ4n) is 3.92. The second-order valence-electron chi connectivity index (χ2n) is 7.71. The minimum absolute atomic E-state index is 0.0691. The number of benzene rings is 3. The van der Waals surface area contributed by atoms with Crippen molar-refractivity contribution in [1.29, 1.82) is 0 Å². The lowest BCUT2D eigenvalue weighted by Crippen LogP contribution is -2.01. The summed E-state index contributed by atoms with van der Waals surface area (Å²) in [6, 6.07) is 23.1. The van der Waals surface area contributed by atoms with Gasteiger partial charge in [-0.25, -0.2) is 0 Å². The maximum absolute atomic E-state index is 11.6. The van der Waals surface area contributed by atoms with Crippen LogP contribution in [0, 0.1) is 10.1 Å². The number of hydrogen-bond acceptors (Lipinski definition) is 4. The van der Waals surface area contributed by atoms with Crippen LogP contribution in [0.4, 0.5) is 5.69 Å². The van der Waals surface area contributed by atoms with Gasteiger partial charge in [-0.3, -0.25) is 14.9 Å². The van der Waals surface area contributed by atoms with E-state index in [0.29, 0.717) is 12.8 Å². The highest BCUT2D eigenvalue weighted by Crippen LogP contribution is 2.28. The first-order valence-corrected chi connectivity index (χ1v) is 10.5. The molecule has 6 nitrogen and oxygen atoms in total. The van der Waals surface area contributed by atoms with Gasteiger partial charge in [0.1, 0.15) is 0 Å². The van der Waals surface area contributed by atoms with E-state index in [-0.39, 0.29) is 11.7 Å². The third kappa shape index (κ3) is 4.70. The molecular formula is C26H24N2O4. The van der Waals surface area contributed by atoms with Gasteiger partial charge in [-0.1, -0.05) is 36.4 Å². The number of non-ortho nitro benzene ring substituents is 1. The zero-order valence-corrected chi connectivity index (χ0v) is 17.9. The first-order chi connectivity index (χ1) is 15.5. The quantitative estimate of drug-likeness (QED) is 0.213. The molecule has 0 atom stereocenters. The van der Waals surface area contributed by atoms with Crippen molar-refractivity contribution in [1.82, 2.24) is 4.57 Å². The number of methoxy groups -OCH3 is 1. The van der Waals surface area contributed by atoms with Crippen LogP contribution in [0.1, 0.15) is 23.1 Å². The van der Waals surface area contributed by atoms with Gasteiger partial charge in [0.2, 0.25) is 0 Å². The molecule has 1 aromatic heterocycles. The zero-order valence-electron chi connectivity index (χ0n) is 17.9. The summed E-state index contributed by atoms with van der Waals surface area (Å²) < 4.78 is 6.84. The molecule has 0 N–H and O–H groups in total. The molecule has 32 heavy (non-hydrogen) atoms. The van der Waals surface area contributed by atoms with Gasteiger partial charge in [-0.05, 0) is 60.2 Å². The van der Waals surface area contributed by atoms with E-state index in [4.69, 9.17) is 4.74 Å². The number of aryl methyl sites for hydroxylation is 3. The Hall–Kier alpha value is -3.93. The topological polar surface area (TPSA) is 74.4 Å². The maximum Gasteiger partial charge on any atom is 0.305 e. The molecular weight excluding hydrogens is 404 g/mol. The molecule has 0 amide bonds. The summed E-state index contributed by atoms with van der Waals surface area (Å²) in [5.41, 5.74) is 5.51. The Morgan fingerprint density at radius 2 is 1.69 bits per heavy atom. The molecule has 0 aliphatic rings. The second-order valence-corrected chi connectivity index (χ2v) is 7.71. The van der Waals surface area contributed by atoms with E-state index in [0.717, 1.165) is 35.0 Å². The van der Waals surface area contributed by atoms with Gasteiger partial charge in [-0.15, -0.1) is 0 Å². The number of nitrogens with zero attached hydrogens (tertiary/aromatic N) is 2. The van der Waals surface area contributed by atoms with Crippen LogP contribution in [0.25, 0.3) is 16.6 Å². The Labute approximate surface area is 186 Å². The minimum Gasteiger partial charge on any atom is -0.469 e. The lowest BCUT2D eigenvalue weighted by molar-refractivity contribution is -0.384. The van der Waals surface area contributed by atoms with E-state index < -0.39 is 4.92 Å². The average Bonchev–Trinajstić information content (AvgIpc) is 3.19. The van der Waals surface area contributed by atoms with E-state index in [2.05, 4.69) is 35.0 Å². The summed E-state index contributed by atoms with van der Waals surface area (Å²) in [6.07, 6.45) is 4.83. The van der Waals surface area contributed by atoms with E-state index in [1.807, 2.05) is 24.3 Å². The number of fused-ring (bicyclic) bond motifs is 1.